The molecule has 360 valence electrons. The van der Waals surface area contributed by atoms with E-state index >= 15 is 4.79 Å². The molecule has 0 spiro atoms. The van der Waals surface area contributed by atoms with Crippen molar-refractivity contribution in [1.29, 1.82) is 0 Å². The minimum absolute atomic E-state index is 0.449. The van der Waals surface area contributed by atoms with Crippen LogP contribution in [0.5, 0.6) is 0 Å². The molecule has 0 aliphatic rings. The molecule has 1 nitrogen and oxygen atoms in total. The maximum absolute atomic E-state index is 16.8. The minimum atomic E-state index is -0.593. The van der Waals surface area contributed by atoms with E-state index in [1.54, 1.807) is 0 Å². The van der Waals surface area contributed by atoms with Crippen LogP contribution in [0.3, 0.4) is 0 Å². The van der Waals surface area contributed by atoms with Gasteiger partial charge >= 0.3 is 0 Å². The summed E-state index contributed by atoms with van der Waals surface area (Å²) >= 11 is 0. The van der Waals surface area contributed by atoms with Crippen LogP contribution in [-0.4, -0.2) is 5.78 Å². The molecule has 0 saturated carbocycles. The quantitative estimate of drug-likeness (QED) is 0.0616. The fourth-order valence-electron chi connectivity index (χ4n) is 7.98. The van der Waals surface area contributed by atoms with Crippen molar-refractivity contribution in [2.45, 2.75) is 240 Å². The van der Waals surface area contributed by atoms with Crippen molar-refractivity contribution in [1.82, 2.24) is 0 Å². The molecule has 0 aromatic rings. The zero-order valence-corrected chi connectivity index (χ0v) is 45.6. The molecule has 0 fully saturated rings. The third-order valence-corrected chi connectivity index (χ3v) is 12.6. The van der Waals surface area contributed by atoms with E-state index in [4.69, 9.17) is 0 Å². The molecule has 0 rings (SSSR count). The Morgan fingerprint density at radius 3 is 0.516 bits per heavy atom. The second-order valence-electron chi connectivity index (χ2n) is 21.3. The SMILES string of the molecule is CC(C)=CCC/C(C)=C/CC(C/C=C(\C)CCC=C(C)C)(C/C=C(\C)CCC=C(C)C)C(=O)C(C/C=C(\C)CCC=C(C)C)(C/C=C(\C)CCC=C(C)C)C/C=C(\C)CCC=C(C)C. The third kappa shape index (κ3) is 29.9. The maximum Gasteiger partial charge on any atom is 0.147 e. The number of Topliss-reactive ketones (excluding diaryl/α,β-unsaturated/α-hetero) is 1. The first kappa shape index (κ1) is 60.6. The van der Waals surface area contributed by atoms with Crippen LogP contribution >= 0.6 is 0 Å². The highest BCUT2D eigenvalue weighted by Gasteiger charge is 2.47. The topological polar surface area (TPSA) is 17.1 Å². The highest BCUT2D eigenvalue weighted by atomic mass is 16.1. The van der Waals surface area contributed by atoms with Crippen molar-refractivity contribution in [3.63, 3.8) is 0 Å². The van der Waals surface area contributed by atoms with Crippen molar-refractivity contribution >= 4 is 5.78 Å². The summed E-state index contributed by atoms with van der Waals surface area (Å²) in [4.78, 5) is 16.8. The van der Waals surface area contributed by atoms with Gasteiger partial charge in [-0.15, -0.1) is 0 Å². The van der Waals surface area contributed by atoms with E-state index in [-0.39, 0.29) is 0 Å². The minimum Gasteiger partial charge on any atom is -0.298 e. The van der Waals surface area contributed by atoms with E-state index in [1.807, 2.05) is 0 Å². The third-order valence-electron chi connectivity index (χ3n) is 12.6. The van der Waals surface area contributed by atoms with Gasteiger partial charge in [0.05, 0.1) is 0 Å². The summed E-state index contributed by atoms with van der Waals surface area (Å²) in [5.74, 6) is 0.449. The van der Waals surface area contributed by atoms with Gasteiger partial charge in [0.2, 0.25) is 0 Å². The lowest BCUT2D eigenvalue weighted by Gasteiger charge is -2.41. The van der Waals surface area contributed by atoms with Gasteiger partial charge in [0.15, 0.2) is 0 Å². The Labute approximate surface area is 399 Å². The molecule has 0 aliphatic carbocycles. The Morgan fingerprint density at radius 2 is 0.391 bits per heavy atom. The van der Waals surface area contributed by atoms with Crippen LogP contribution in [0.15, 0.2) is 140 Å². The lowest BCUT2D eigenvalue weighted by Crippen LogP contribution is -2.43. The molecule has 0 atom stereocenters. The summed E-state index contributed by atoms with van der Waals surface area (Å²) in [7, 11) is 0. The highest BCUT2D eigenvalue weighted by Crippen LogP contribution is 2.48. The van der Waals surface area contributed by atoms with Gasteiger partial charge in [0.25, 0.3) is 0 Å². The van der Waals surface area contributed by atoms with E-state index < -0.39 is 10.8 Å². The summed E-state index contributed by atoms with van der Waals surface area (Å²) in [6.07, 6.45) is 45.7. The van der Waals surface area contributed by atoms with Crippen LogP contribution in [0.4, 0.5) is 0 Å². The molecular weight excluding hydrogens is 773 g/mol. The van der Waals surface area contributed by atoms with E-state index in [9.17, 15) is 0 Å². The van der Waals surface area contributed by atoms with Crippen molar-refractivity contribution in [3.05, 3.63) is 140 Å². The molecule has 0 aromatic heterocycles. The largest absolute Gasteiger partial charge is 0.298 e. The fourth-order valence-corrected chi connectivity index (χ4v) is 7.98. The Kier molecular flexibility index (Phi) is 32.1. The van der Waals surface area contributed by atoms with Gasteiger partial charge in [-0.1, -0.05) is 140 Å². The number of carbonyl (C=O) groups is 1. The summed E-state index contributed by atoms with van der Waals surface area (Å²) in [5.41, 5.74) is 15.3. The van der Waals surface area contributed by atoms with Gasteiger partial charge < -0.3 is 0 Å². The van der Waals surface area contributed by atoms with Crippen LogP contribution < -0.4 is 0 Å². The normalized spacial score (nSPS) is 13.3. The summed E-state index contributed by atoms with van der Waals surface area (Å²) in [5, 5.41) is 0. The van der Waals surface area contributed by atoms with Gasteiger partial charge in [-0.25, -0.2) is 0 Å². The van der Waals surface area contributed by atoms with Crippen LogP contribution in [0.2, 0.25) is 0 Å². The van der Waals surface area contributed by atoms with Crippen LogP contribution in [-0.2, 0) is 4.79 Å². The molecule has 1 heteroatoms. The lowest BCUT2D eigenvalue weighted by molar-refractivity contribution is -0.139. The summed E-state index contributed by atoms with van der Waals surface area (Å²) in [6, 6.07) is 0. The Hall–Kier alpha value is -3.45. The van der Waals surface area contributed by atoms with Crippen molar-refractivity contribution < 1.29 is 4.79 Å². The van der Waals surface area contributed by atoms with Gasteiger partial charge in [-0.2, -0.15) is 0 Å². The van der Waals surface area contributed by atoms with E-state index in [0.29, 0.717) is 5.78 Å². The predicted octanol–water partition coefficient (Wildman–Crippen LogP) is 21.0. The van der Waals surface area contributed by atoms with Gasteiger partial charge in [0.1, 0.15) is 5.78 Å². The van der Waals surface area contributed by atoms with Crippen molar-refractivity contribution in [2.24, 2.45) is 10.8 Å². The summed E-state index contributed by atoms with van der Waals surface area (Å²) < 4.78 is 0. The number of hydrogen-bond acceptors (Lipinski definition) is 1. The van der Waals surface area contributed by atoms with E-state index in [1.165, 1.54) is 66.9 Å². The van der Waals surface area contributed by atoms with Crippen molar-refractivity contribution in [3.8, 4) is 0 Å². The Bertz CT molecular complexity index is 1440. The van der Waals surface area contributed by atoms with Gasteiger partial charge in [0, 0.05) is 10.8 Å². The lowest BCUT2D eigenvalue weighted by atomic mass is 9.60. The zero-order valence-electron chi connectivity index (χ0n) is 45.6. The van der Waals surface area contributed by atoms with Crippen LogP contribution in [0, 0.1) is 10.8 Å². The number of rotatable bonds is 32. The van der Waals surface area contributed by atoms with Gasteiger partial charge in [-0.05, 0) is 240 Å². The number of ketones is 1. The molecule has 0 saturated heterocycles. The monoisotopic (exact) mass is 875 g/mol. The predicted molar refractivity (Wildman–Crippen MR) is 292 cm³/mol. The highest BCUT2D eigenvalue weighted by molar-refractivity contribution is 5.91. The standard InChI is InChI=1S/C63H102O/c1-49(2)25-19-31-55(13)37-43-62(44-38-56(14)32-20-26-50(3)4,45-39-57(15)33-21-27-51(5)6)61(64)63(46-40-58(16)34-22-28-52(7)8,47-41-59(17)35-23-29-53(9)10)48-42-60(18)36-24-30-54(11)12/h25-30,37-42H,19-24,31-36,43-48H2,1-18H3/b55-37+,56-38+,57-39+,58-40+,59-41+,60-42+. The maximum atomic E-state index is 16.8. The first-order valence-electron chi connectivity index (χ1n) is 25.3. The molecule has 64 heavy (non-hydrogen) atoms. The fraction of sp³-hybridized carbons (Fsp3) is 0.603. The Balaban J connectivity index is 8.39. The molecule has 0 bridgehead atoms. The second kappa shape index (κ2) is 33.9. The molecule has 0 N–H and O–H groups in total. The van der Waals surface area contributed by atoms with E-state index in [0.717, 1.165) is 116 Å². The van der Waals surface area contributed by atoms with Crippen LogP contribution in [0.1, 0.15) is 240 Å². The van der Waals surface area contributed by atoms with Crippen molar-refractivity contribution in [2.75, 3.05) is 0 Å². The molecule has 0 aliphatic heterocycles. The first-order chi connectivity index (χ1) is 30.0. The Morgan fingerprint density at radius 1 is 0.250 bits per heavy atom. The number of carbonyl (C=O) groups excluding carboxylic acids is 1. The average molecular weight is 876 g/mol. The molecule has 0 unspecified atom stereocenters. The second-order valence-corrected chi connectivity index (χ2v) is 21.3. The zero-order chi connectivity index (χ0) is 48.7. The first-order valence-corrected chi connectivity index (χ1v) is 25.3. The number of allylic oxidation sites excluding steroid dienone is 24. The molecule has 0 radical (unpaired) electrons. The molecule has 0 amide bonds. The molecule has 0 aromatic carbocycles. The molecule has 0 heterocycles. The van der Waals surface area contributed by atoms with E-state index in [2.05, 4.69) is 198 Å². The average Bonchev–Trinajstić information content (AvgIpc) is 3.19. The van der Waals surface area contributed by atoms with Crippen LogP contribution in [0.25, 0.3) is 0 Å². The number of hydrogen-bond donors (Lipinski definition) is 0. The summed E-state index contributed by atoms with van der Waals surface area (Å²) in [6.45, 7) is 40.0. The molecular formula is C63H102O. The van der Waals surface area contributed by atoms with Gasteiger partial charge in [-0.3, -0.25) is 4.79 Å². The smallest absolute Gasteiger partial charge is 0.147 e.